The molecular formula is C28H25ClN3O4+. The van der Waals surface area contributed by atoms with Crippen molar-refractivity contribution in [2.45, 2.75) is 24.9 Å². The molecule has 3 aromatic rings. The van der Waals surface area contributed by atoms with Gasteiger partial charge < -0.3 is 15.4 Å². The molecule has 36 heavy (non-hydrogen) atoms. The van der Waals surface area contributed by atoms with Crippen molar-refractivity contribution < 1.29 is 24.4 Å². The maximum absolute atomic E-state index is 14.1. The fourth-order valence-electron chi connectivity index (χ4n) is 6.21. The molecule has 3 heterocycles. The minimum absolute atomic E-state index is 0.281. The number of anilines is 2. The van der Waals surface area contributed by atoms with Crippen molar-refractivity contribution in [2.24, 2.45) is 11.8 Å². The van der Waals surface area contributed by atoms with Gasteiger partial charge in [-0.25, -0.2) is 4.90 Å². The molecule has 4 atom stereocenters. The van der Waals surface area contributed by atoms with Crippen LogP contribution in [0.15, 0.2) is 66.7 Å². The minimum Gasteiger partial charge on any atom is -0.497 e. The maximum atomic E-state index is 14.1. The van der Waals surface area contributed by atoms with E-state index in [9.17, 15) is 14.4 Å². The molecular weight excluding hydrogens is 478 g/mol. The van der Waals surface area contributed by atoms with Crippen LogP contribution in [0.3, 0.4) is 0 Å². The molecule has 1 spiro atoms. The van der Waals surface area contributed by atoms with Crippen molar-refractivity contribution in [3.63, 3.8) is 0 Å². The molecule has 182 valence electrons. The first-order valence-corrected chi connectivity index (χ1v) is 12.3. The Labute approximate surface area is 213 Å². The van der Waals surface area contributed by atoms with Gasteiger partial charge >= 0.3 is 0 Å². The number of nitrogens with zero attached hydrogens (tertiary/aromatic N) is 1. The zero-order valence-corrected chi connectivity index (χ0v) is 20.6. The zero-order chi connectivity index (χ0) is 25.2. The Morgan fingerprint density at radius 2 is 1.72 bits per heavy atom. The van der Waals surface area contributed by atoms with Crippen molar-refractivity contribution in [3.8, 4) is 5.75 Å². The van der Waals surface area contributed by atoms with Crippen LogP contribution in [0.2, 0.25) is 5.02 Å². The molecule has 7 nitrogen and oxygen atoms in total. The number of hydrogen-bond donors (Lipinski definition) is 2. The summed E-state index contributed by atoms with van der Waals surface area (Å²) in [4.78, 5) is 43.0. The molecule has 2 fully saturated rings. The number of methoxy groups -OCH3 is 1. The topological polar surface area (TPSA) is 92.3 Å². The molecule has 0 saturated carbocycles. The van der Waals surface area contributed by atoms with Crippen LogP contribution in [0.25, 0.3) is 0 Å². The highest BCUT2D eigenvalue weighted by molar-refractivity contribution is 6.32. The van der Waals surface area contributed by atoms with Crippen molar-refractivity contribution in [1.82, 2.24) is 0 Å². The zero-order valence-electron chi connectivity index (χ0n) is 19.8. The molecule has 8 heteroatoms. The van der Waals surface area contributed by atoms with E-state index < -0.39 is 17.4 Å². The molecule has 3 N–H and O–H groups in total. The van der Waals surface area contributed by atoms with Crippen LogP contribution in [0, 0.1) is 18.8 Å². The Bertz CT molecular complexity index is 1410. The highest BCUT2D eigenvalue weighted by Gasteiger charge is 2.74. The molecule has 3 aromatic carbocycles. The highest BCUT2D eigenvalue weighted by Crippen LogP contribution is 2.51. The summed E-state index contributed by atoms with van der Waals surface area (Å²) in [7, 11) is 1.56. The summed E-state index contributed by atoms with van der Waals surface area (Å²) >= 11 is 6.36. The fourth-order valence-corrected chi connectivity index (χ4v) is 6.37. The number of ether oxygens (including phenoxy) is 1. The number of benzene rings is 3. The third kappa shape index (κ3) is 3.06. The molecule has 0 aromatic heterocycles. The lowest BCUT2D eigenvalue weighted by Crippen LogP contribution is -2.99. The van der Waals surface area contributed by atoms with Gasteiger partial charge in [-0.1, -0.05) is 41.9 Å². The number of nitrogens with two attached hydrogens (primary N) is 1. The lowest BCUT2D eigenvalue weighted by Gasteiger charge is -2.26. The predicted molar refractivity (Wildman–Crippen MR) is 135 cm³/mol. The van der Waals surface area contributed by atoms with Crippen LogP contribution in [0.1, 0.15) is 16.7 Å². The van der Waals surface area contributed by atoms with Crippen molar-refractivity contribution >= 4 is 40.7 Å². The Morgan fingerprint density at radius 1 is 1.00 bits per heavy atom. The number of carbonyl (C=O) groups is 3. The second-order valence-electron chi connectivity index (χ2n) is 9.65. The van der Waals surface area contributed by atoms with Gasteiger partial charge in [0.1, 0.15) is 23.6 Å². The Hall–Kier alpha value is -3.68. The van der Waals surface area contributed by atoms with Gasteiger partial charge in [-0.2, -0.15) is 0 Å². The average Bonchev–Trinajstić information content (AvgIpc) is 3.47. The summed E-state index contributed by atoms with van der Waals surface area (Å²) in [6.45, 7) is 1.85. The fraction of sp³-hybridized carbons (Fsp3) is 0.250. The first-order chi connectivity index (χ1) is 17.4. The van der Waals surface area contributed by atoms with Crippen molar-refractivity contribution in [2.75, 3.05) is 17.3 Å². The molecule has 0 aliphatic carbocycles. The molecule has 0 radical (unpaired) electrons. The maximum Gasteiger partial charge on any atom is 0.291 e. The Morgan fingerprint density at radius 3 is 2.42 bits per heavy atom. The van der Waals surface area contributed by atoms with E-state index in [1.54, 1.807) is 37.4 Å². The number of imide groups is 1. The minimum atomic E-state index is -1.25. The van der Waals surface area contributed by atoms with E-state index in [1.807, 2.05) is 48.6 Å². The van der Waals surface area contributed by atoms with Gasteiger partial charge in [-0.05, 0) is 54.4 Å². The van der Waals surface area contributed by atoms with E-state index in [0.717, 1.165) is 11.1 Å². The van der Waals surface area contributed by atoms with E-state index in [-0.39, 0.29) is 23.8 Å². The van der Waals surface area contributed by atoms with Gasteiger partial charge in [0.2, 0.25) is 17.4 Å². The Kier molecular flexibility index (Phi) is 5.17. The number of hydrogen-bond acceptors (Lipinski definition) is 4. The SMILES string of the molecule is COc1ccc(N2C(=O)[C@@H]3[C@H](Cc4ccccc4)[NH2+][C@]4(C(=O)Nc5c4ccc(Cl)c5C)[C@@H]3C2=O)cc1. The summed E-state index contributed by atoms with van der Waals surface area (Å²) in [6.07, 6.45) is 0.550. The number of amides is 3. The standard InChI is InChI=1S/C28H24ClN3O4/c1-15-20(29)13-12-19-24(15)30-27(35)28(19)23-22(21(31-28)14-16-6-4-3-5-7-16)25(33)32(26(23)34)17-8-10-18(36-2)11-9-17/h3-13,21-23,31H,14H2,1-2H3,(H,30,35)/p+1/t21-,22+,23-,28-/m0/s1. The molecule has 6 rings (SSSR count). The third-order valence-corrected chi connectivity index (χ3v) is 8.29. The summed E-state index contributed by atoms with van der Waals surface area (Å²) < 4.78 is 5.24. The van der Waals surface area contributed by atoms with Crippen molar-refractivity contribution in [3.05, 3.63) is 88.4 Å². The second kappa shape index (κ2) is 8.18. The number of rotatable bonds is 4. The van der Waals surface area contributed by atoms with E-state index in [2.05, 4.69) is 5.32 Å². The highest BCUT2D eigenvalue weighted by atomic mass is 35.5. The van der Waals surface area contributed by atoms with Crippen molar-refractivity contribution in [1.29, 1.82) is 0 Å². The number of halogens is 1. The van der Waals surface area contributed by atoms with Crippen LogP contribution in [0.5, 0.6) is 5.75 Å². The molecule has 3 aliphatic rings. The van der Waals surface area contributed by atoms with Crippen LogP contribution in [-0.4, -0.2) is 30.9 Å². The molecule has 0 unspecified atom stereocenters. The van der Waals surface area contributed by atoms with Crippen LogP contribution in [0.4, 0.5) is 11.4 Å². The van der Waals surface area contributed by atoms with Crippen LogP contribution < -0.4 is 20.3 Å². The number of nitrogens with one attached hydrogen (secondary N) is 1. The summed E-state index contributed by atoms with van der Waals surface area (Å²) in [5.74, 6) is -1.81. The normalized spacial score (nSPS) is 26.4. The van der Waals surface area contributed by atoms with E-state index in [0.29, 0.717) is 34.1 Å². The number of fused-ring (bicyclic) bond motifs is 4. The summed E-state index contributed by atoms with van der Waals surface area (Å²) in [5, 5.41) is 5.47. The van der Waals surface area contributed by atoms with Gasteiger partial charge in [-0.15, -0.1) is 0 Å². The second-order valence-corrected chi connectivity index (χ2v) is 10.1. The first-order valence-electron chi connectivity index (χ1n) is 11.9. The quantitative estimate of drug-likeness (QED) is 0.537. The van der Waals surface area contributed by atoms with Gasteiger partial charge in [0.25, 0.3) is 5.91 Å². The average molecular weight is 503 g/mol. The summed E-state index contributed by atoms with van der Waals surface area (Å²) in [6, 6.07) is 20.0. The predicted octanol–water partition coefficient (Wildman–Crippen LogP) is 2.80. The van der Waals surface area contributed by atoms with E-state index >= 15 is 0 Å². The largest absolute Gasteiger partial charge is 0.497 e. The first kappa shape index (κ1) is 22.8. The van der Waals surface area contributed by atoms with Gasteiger partial charge in [0.15, 0.2) is 0 Å². The lowest BCUT2D eigenvalue weighted by molar-refractivity contribution is -0.733. The molecule has 2 saturated heterocycles. The Balaban J connectivity index is 1.50. The van der Waals surface area contributed by atoms with Gasteiger partial charge in [0, 0.05) is 17.0 Å². The third-order valence-electron chi connectivity index (χ3n) is 7.88. The summed E-state index contributed by atoms with van der Waals surface area (Å²) in [5.41, 5.74) is 2.36. The number of carbonyl (C=O) groups excluding carboxylic acids is 3. The van der Waals surface area contributed by atoms with Crippen LogP contribution >= 0.6 is 11.6 Å². The van der Waals surface area contributed by atoms with Crippen LogP contribution in [-0.2, 0) is 26.3 Å². The van der Waals surface area contributed by atoms with E-state index in [4.69, 9.17) is 16.3 Å². The van der Waals surface area contributed by atoms with Gasteiger partial charge in [0.05, 0.1) is 18.5 Å². The van der Waals surface area contributed by atoms with E-state index in [1.165, 1.54) is 4.90 Å². The lowest BCUT2D eigenvalue weighted by atomic mass is 9.76. The molecule has 3 amide bonds. The van der Waals surface area contributed by atoms with Gasteiger partial charge in [-0.3, -0.25) is 14.4 Å². The molecule has 3 aliphatic heterocycles. The number of quaternary nitrogens is 1. The smallest absolute Gasteiger partial charge is 0.291 e. The molecule has 0 bridgehead atoms. The monoisotopic (exact) mass is 502 g/mol.